The molecule has 0 aromatic heterocycles. The molecule has 12 heavy (non-hydrogen) atoms. The van der Waals surface area contributed by atoms with Gasteiger partial charge in [-0.25, -0.2) is 0 Å². The van der Waals surface area contributed by atoms with E-state index in [2.05, 4.69) is 12.2 Å². The molecule has 70 valence electrons. The predicted molar refractivity (Wildman–Crippen MR) is 48.6 cm³/mol. The zero-order valence-corrected chi connectivity index (χ0v) is 7.68. The standard InChI is InChI=1S/C9H18N2O/c1-7(4-5-10)8-3-2-6-11-9(8)12/h7-8H,2-6,10H2,1H3,(H,11,12). The number of carbonyl (C=O) groups is 1. The van der Waals surface area contributed by atoms with Crippen LogP contribution in [0.5, 0.6) is 0 Å². The second-order valence-electron chi connectivity index (χ2n) is 3.59. The van der Waals surface area contributed by atoms with Crippen LogP contribution in [0.1, 0.15) is 26.2 Å². The summed E-state index contributed by atoms with van der Waals surface area (Å²) in [5.74, 6) is 0.875. The van der Waals surface area contributed by atoms with Gasteiger partial charge in [0.15, 0.2) is 0 Å². The van der Waals surface area contributed by atoms with Crippen molar-refractivity contribution in [2.45, 2.75) is 26.2 Å². The first-order valence-corrected chi connectivity index (χ1v) is 4.73. The lowest BCUT2D eigenvalue weighted by Crippen LogP contribution is -2.39. The smallest absolute Gasteiger partial charge is 0.223 e. The van der Waals surface area contributed by atoms with Gasteiger partial charge in [-0.2, -0.15) is 0 Å². The van der Waals surface area contributed by atoms with Crippen molar-refractivity contribution >= 4 is 5.91 Å². The molecule has 1 aliphatic rings. The molecular formula is C9H18N2O. The molecule has 3 N–H and O–H groups in total. The molecule has 0 aliphatic carbocycles. The number of carbonyl (C=O) groups excluding carboxylic acids is 1. The summed E-state index contributed by atoms with van der Waals surface area (Å²) in [4.78, 5) is 11.4. The molecule has 1 rings (SSSR count). The van der Waals surface area contributed by atoms with Crippen LogP contribution >= 0.6 is 0 Å². The van der Waals surface area contributed by atoms with Gasteiger partial charge in [0.1, 0.15) is 0 Å². The summed E-state index contributed by atoms with van der Waals surface area (Å²) in [6, 6.07) is 0. The summed E-state index contributed by atoms with van der Waals surface area (Å²) in [6.45, 7) is 3.65. The topological polar surface area (TPSA) is 55.1 Å². The van der Waals surface area contributed by atoms with Crippen LogP contribution in [0.4, 0.5) is 0 Å². The highest BCUT2D eigenvalue weighted by atomic mass is 16.1. The van der Waals surface area contributed by atoms with E-state index in [1.54, 1.807) is 0 Å². The van der Waals surface area contributed by atoms with E-state index in [0.717, 1.165) is 25.8 Å². The van der Waals surface area contributed by atoms with Crippen molar-refractivity contribution in [1.29, 1.82) is 0 Å². The molecule has 1 fully saturated rings. The SMILES string of the molecule is CC(CCN)C1CCCNC1=O. The molecule has 1 heterocycles. The first-order chi connectivity index (χ1) is 5.75. The fourth-order valence-electron chi connectivity index (χ4n) is 1.80. The first kappa shape index (κ1) is 9.52. The monoisotopic (exact) mass is 170 g/mol. The number of nitrogens with one attached hydrogen (secondary N) is 1. The van der Waals surface area contributed by atoms with Gasteiger partial charge in [-0.1, -0.05) is 6.92 Å². The molecule has 0 spiro atoms. The average molecular weight is 170 g/mol. The second kappa shape index (κ2) is 4.45. The maximum atomic E-state index is 11.4. The molecule has 1 aliphatic heterocycles. The maximum absolute atomic E-state index is 11.4. The first-order valence-electron chi connectivity index (χ1n) is 4.73. The van der Waals surface area contributed by atoms with Crippen molar-refractivity contribution < 1.29 is 4.79 Å². The van der Waals surface area contributed by atoms with Crippen LogP contribution in [0, 0.1) is 11.8 Å². The Hall–Kier alpha value is -0.570. The maximum Gasteiger partial charge on any atom is 0.223 e. The lowest BCUT2D eigenvalue weighted by Gasteiger charge is -2.26. The number of amides is 1. The molecule has 3 nitrogen and oxygen atoms in total. The van der Waals surface area contributed by atoms with E-state index < -0.39 is 0 Å². The van der Waals surface area contributed by atoms with Crippen molar-refractivity contribution in [2.24, 2.45) is 17.6 Å². The molecule has 0 aromatic rings. The highest BCUT2D eigenvalue weighted by Gasteiger charge is 2.26. The number of hydrogen-bond acceptors (Lipinski definition) is 2. The fraction of sp³-hybridized carbons (Fsp3) is 0.889. The van der Waals surface area contributed by atoms with Crippen LogP contribution in [-0.2, 0) is 4.79 Å². The van der Waals surface area contributed by atoms with E-state index >= 15 is 0 Å². The largest absolute Gasteiger partial charge is 0.356 e. The van der Waals surface area contributed by atoms with Crippen LogP contribution < -0.4 is 11.1 Å². The van der Waals surface area contributed by atoms with E-state index in [0.29, 0.717) is 12.5 Å². The van der Waals surface area contributed by atoms with Crippen LogP contribution in [0.15, 0.2) is 0 Å². The normalized spacial score (nSPS) is 26.5. The average Bonchev–Trinajstić information content (AvgIpc) is 2.05. The molecule has 2 atom stereocenters. The van der Waals surface area contributed by atoms with Crippen molar-refractivity contribution in [3.05, 3.63) is 0 Å². The Kier molecular flexibility index (Phi) is 3.53. The third kappa shape index (κ3) is 2.21. The van der Waals surface area contributed by atoms with E-state index in [4.69, 9.17) is 5.73 Å². The third-order valence-corrected chi connectivity index (χ3v) is 2.64. The second-order valence-corrected chi connectivity index (χ2v) is 3.59. The van der Waals surface area contributed by atoms with Gasteiger partial charge in [0.2, 0.25) is 5.91 Å². The van der Waals surface area contributed by atoms with Crippen LogP contribution in [0.2, 0.25) is 0 Å². The van der Waals surface area contributed by atoms with Crippen molar-refractivity contribution in [3.63, 3.8) is 0 Å². The lowest BCUT2D eigenvalue weighted by atomic mass is 9.85. The highest BCUT2D eigenvalue weighted by molar-refractivity contribution is 5.79. The van der Waals surface area contributed by atoms with E-state index in [9.17, 15) is 4.79 Å². The molecule has 1 amide bonds. The van der Waals surface area contributed by atoms with Gasteiger partial charge in [-0.3, -0.25) is 4.79 Å². The minimum Gasteiger partial charge on any atom is -0.356 e. The lowest BCUT2D eigenvalue weighted by molar-refractivity contribution is -0.128. The van der Waals surface area contributed by atoms with Crippen molar-refractivity contribution in [2.75, 3.05) is 13.1 Å². The van der Waals surface area contributed by atoms with E-state index in [1.807, 2.05) is 0 Å². The zero-order chi connectivity index (χ0) is 8.97. The van der Waals surface area contributed by atoms with Gasteiger partial charge in [0, 0.05) is 12.5 Å². The van der Waals surface area contributed by atoms with E-state index in [1.165, 1.54) is 0 Å². The summed E-state index contributed by atoms with van der Waals surface area (Å²) >= 11 is 0. The number of piperidine rings is 1. The van der Waals surface area contributed by atoms with Gasteiger partial charge in [-0.15, -0.1) is 0 Å². The molecular weight excluding hydrogens is 152 g/mol. The van der Waals surface area contributed by atoms with Gasteiger partial charge < -0.3 is 11.1 Å². The van der Waals surface area contributed by atoms with Gasteiger partial charge in [0.05, 0.1) is 0 Å². The summed E-state index contributed by atoms with van der Waals surface area (Å²) < 4.78 is 0. The Morgan fingerprint density at radius 3 is 3.08 bits per heavy atom. The number of hydrogen-bond donors (Lipinski definition) is 2. The zero-order valence-electron chi connectivity index (χ0n) is 7.68. The Labute approximate surface area is 73.7 Å². The fourth-order valence-corrected chi connectivity index (χ4v) is 1.80. The summed E-state index contributed by atoms with van der Waals surface area (Å²) in [5.41, 5.74) is 5.45. The van der Waals surface area contributed by atoms with Crippen molar-refractivity contribution in [3.8, 4) is 0 Å². The highest BCUT2D eigenvalue weighted by Crippen LogP contribution is 2.22. The molecule has 2 unspecified atom stereocenters. The van der Waals surface area contributed by atoms with Crippen LogP contribution in [0.25, 0.3) is 0 Å². The Morgan fingerprint density at radius 1 is 1.75 bits per heavy atom. The number of rotatable bonds is 3. The molecule has 0 aromatic carbocycles. The molecule has 0 bridgehead atoms. The predicted octanol–water partition coefficient (Wildman–Crippen LogP) is 0.497. The molecule has 0 radical (unpaired) electrons. The Bertz CT molecular complexity index is 159. The molecule has 0 saturated carbocycles. The summed E-state index contributed by atoms with van der Waals surface area (Å²) in [6.07, 6.45) is 3.11. The minimum absolute atomic E-state index is 0.210. The van der Waals surface area contributed by atoms with Crippen LogP contribution in [-0.4, -0.2) is 19.0 Å². The Balaban J connectivity index is 2.42. The van der Waals surface area contributed by atoms with Gasteiger partial charge in [-0.05, 0) is 31.7 Å². The van der Waals surface area contributed by atoms with E-state index in [-0.39, 0.29) is 11.8 Å². The molecule has 3 heteroatoms. The van der Waals surface area contributed by atoms with Crippen molar-refractivity contribution in [1.82, 2.24) is 5.32 Å². The van der Waals surface area contributed by atoms with Crippen LogP contribution in [0.3, 0.4) is 0 Å². The third-order valence-electron chi connectivity index (χ3n) is 2.64. The summed E-state index contributed by atoms with van der Waals surface area (Å²) in [5, 5.41) is 2.89. The number of nitrogens with two attached hydrogens (primary N) is 1. The quantitative estimate of drug-likeness (QED) is 0.648. The summed E-state index contributed by atoms with van der Waals surface area (Å²) in [7, 11) is 0. The minimum atomic E-state index is 0.210. The molecule has 1 saturated heterocycles. The Morgan fingerprint density at radius 2 is 2.50 bits per heavy atom. The van der Waals surface area contributed by atoms with Gasteiger partial charge in [0.25, 0.3) is 0 Å². The van der Waals surface area contributed by atoms with Gasteiger partial charge >= 0.3 is 0 Å².